The van der Waals surface area contributed by atoms with E-state index >= 15 is 0 Å². The fraction of sp³-hybridized carbons (Fsp3) is 0.500. The summed E-state index contributed by atoms with van der Waals surface area (Å²) >= 11 is 0. The lowest BCUT2D eigenvalue weighted by molar-refractivity contribution is 0.242. The van der Waals surface area contributed by atoms with Crippen molar-refractivity contribution in [1.29, 1.82) is 0 Å². The number of hydrogen-bond donors (Lipinski definition) is 1. The van der Waals surface area contributed by atoms with E-state index in [-0.39, 0.29) is 6.10 Å². The third-order valence-corrected chi connectivity index (χ3v) is 2.05. The monoisotopic (exact) mass is 193 g/mol. The van der Waals surface area contributed by atoms with Gasteiger partial charge < -0.3 is 10.1 Å². The highest BCUT2D eigenvalue weighted by molar-refractivity contribution is 5.34. The van der Waals surface area contributed by atoms with Gasteiger partial charge in [-0.05, 0) is 51.1 Å². The van der Waals surface area contributed by atoms with Gasteiger partial charge in [-0.1, -0.05) is 6.07 Å². The van der Waals surface area contributed by atoms with Crippen LogP contribution in [0.25, 0.3) is 0 Å². The number of nitrogens with one attached hydrogen (secondary N) is 1. The summed E-state index contributed by atoms with van der Waals surface area (Å²) in [7, 11) is 1.96. The highest BCUT2D eigenvalue weighted by atomic mass is 16.5. The van der Waals surface area contributed by atoms with Crippen molar-refractivity contribution in [1.82, 2.24) is 5.32 Å². The molecule has 0 radical (unpaired) electrons. The Morgan fingerprint density at radius 2 is 2.07 bits per heavy atom. The van der Waals surface area contributed by atoms with E-state index in [1.165, 1.54) is 11.1 Å². The summed E-state index contributed by atoms with van der Waals surface area (Å²) in [5.41, 5.74) is 2.60. The average Bonchev–Trinajstić information content (AvgIpc) is 2.09. The van der Waals surface area contributed by atoms with Crippen molar-refractivity contribution in [3.05, 3.63) is 29.3 Å². The molecule has 0 aliphatic rings. The van der Waals surface area contributed by atoms with E-state index < -0.39 is 0 Å². The molecule has 0 spiro atoms. The van der Waals surface area contributed by atoms with E-state index in [0.717, 1.165) is 12.3 Å². The van der Waals surface area contributed by atoms with Crippen molar-refractivity contribution in [2.45, 2.75) is 33.4 Å². The molecule has 1 rings (SSSR count). The third kappa shape index (κ3) is 3.04. The van der Waals surface area contributed by atoms with Gasteiger partial charge in [0, 0.05) is 6.54 Å². The van der Waals surface area contributed by atoms with Crippen molar-refractivity contribution in [3.63, 3.8) is 0 Å². The van der Waals surface area contributed by atoms with Gasteiger partial charge in [-0.15, -0.1) is 0 Å². The first-order chi connectivity index (χ1) is 6.63. The standard InChI is InChI=1S/C12H19NO/c1-9(2)14-12-6-5-11(8-13-4)10(3)7-12/h5-7,9,13H,8H2,1-4H3. The summed E-state index contributed by atoms with van der Waals surface area (Å²) < 4.78 is 5.61. The minimum Gasteiger partial charge on any atom is -0.491 e. The van der Waals surface area contributed by atoms with Gasteiger partial charge in [0.05, 0.1) is 6.10 Å². The fourth-order valence-corrected chi connectivity index (χ4v) is 1.40. The number of hydrogen-bond acceptors (Lipinski definition) is 2. The van der Waals surface area contributed by atoms with E-state index in [9.17, 15) is 0 Å². The Hall–Kier alpha value is -1.02. The maximum absolute atomic E-state index is 5.61. The van der Waals surface area contributed by atoms with Crippen LogP contribution in [0.1, 0.15) is 25.0 Å². The van der Waals surface area contributed by atoms with Crippen LogP contribution in [-0.2, 0) is 6.54 Å². The van der Waals surface area contributed by atoms with Gasteiger partial charge in [-0.3, -0.25) is 0 Å². The number of ether oxygens (including phenoxy) is 1. The first-order valence-corrected chi connectivity index (χ1v) is 5.04. The summed E-state index contributed by atoms with van der Waals surface area (Å²) in [4.78, 5) is 0. The van der Waals surface area contributed by atoms with Gasteiger partial charge in [-0.25, -0.2) is 0 Å². The minimum absolute atomic E-state index is 0.240. The zero-order valence-corrected chi connectivity index (χ0v) is 9.42. The Morgan fingerprint density at radius 1 is 1.36 bits per heavy atom. The summed E-state index contributed by atoms with van der Waals surface area (Å²) in [6.07, 6.45) is 0.240. The second kappa shape index (κ2) is 5.01. The first kappa shape index (κ1) is 11.1. The van der Waals surface area contributed by atoms with E-state index in [1.807, 2.05) is 27.0 Å². The normalized spacial score (nSPS) is 10.6. The molecule has 0 bridgehead atoms. The zero-order chi connectivity index (χ0) is 10.6. The molecule has 2 nitrogen and oxygen atoms in total. The smallest absolute Gasteiger partial charge is 0.119 e. The summed E-state index contributed by atoms with van der Waals surface area (Å²) in [6.45, 7) is 7.10. The van der Waals surface area contributed by atoms with Crippen LogP contribution >= 0.6 is 0 Å². The molecule has 0 heterocycles. The van der Waals surface area contributed by atoms with Crippen LogP contribution < -0.4 is 10.1 Å². The van der Waals surface area contributed by atoms with Crippen LogP contribution in [0.2, 0.25) is 0 Å². The molecule has 78 valence electrons. The largest absolute Gasteiger partial charge is 0.491 e. The Balaban J connectivity index is 2.78. The molecule has 0 saturated heterocycles. The van der Waals surface area contributed by atoms with Gasteiger partial charge in [0.15, 0.2) is 0 Å². The van der Waals surface area contributed by atoms with Crippen LogP contribution in [0.15, 0.2) is 18.2 Å². The van der Waals surface area contributed by atoms with E-state index in [4.69, 9.17) is 4.74 Å². The molecule has 0 unspecified atom stereocenters. The lowest BCUT2D eigenvalue weighted by Crippen LogP contribution is -2.08. The van der Waals surface area contributed by atoms with E-state index in [2.05, 4.69) is 24.4 Å². The molecule has 1 aromatic carbocycles. The first-order valence-electron chi connectivity index (χ1n) is 5.04. The maximum atomic E-state index is 5.61. The maximum Gasteiger partial charge on any atom is 0.119 e. The van der Waals surface area contributed by atoms with Crippen LogP contribution in [0, 0.1) is 6.92 Å². The predicted molar refractivity (Wildman–Crippen MR) is 59.7 cm³/mol. The lowest BCUT2D eigenvalue weighted by Gasteiger charge is -2.12. The highest BCUT2D eigenvalue weighted by Crippen LogP contribution is 2.18. The Kier molecular flexibility index (Phi) is 3.96. The number of benzene rings is 1. The van der Waals surface area contributed by atoms with Gasteiger partial charge in [0.1, 0.15) is 5.75 Å². The SMILES string of the molecule is CNCc1ccc(OC(C)C)cc1C. The summed E-state index contributed by atoms with van der Waals surface area (Å²) in [5, 5.41) is 3.14. The highest BCUT2D eigenvalue weighted by Gasteiger charge is 2.01. The molecular weight excluding hydrogens is 174 g/mol. The molecule has 0 atom stereocenters. The molecular formula is C12H19NO. The van der Waals surface area contributed by atoms with Gasteiger partial charge >= 0.3 is 0 Å². The molecule has 0 saturated carbocycles. The van der Waals surface area contributed by atoms with Crippen LogP contribution in [-0.4, -0.2) is 13.2 Å². The van der Waals surface area contributed by atoms with Gasteiger partial charge in [0.2, 0.25) is 0 Å². The molecule has 1 aromatic rings. The molecule has 0 aromatic heterocycles. The summed E-state index contributed by atoms with van der Waals surface area (Å²) in [6, 6.07) is 6.23. The van der Waals surface area contributed by atoms with Gasteiger partial charge in [-0.2, -0.15) is 0 Å². The van der Waals surface area contributed by atoms with Crippen molar-refractivity contribution >= 4 is 0 Å². The lowest BCUT2D eigenvalue weighted by atomic mass is 10.1. The topological polar surface area (TPSA) is 21.3 Å². The number of aryl methyl sites for hydroxylation is 1. The van der Waals surface area contributed by atoms with E-state index in [1.54, 1.807) is 0 Å². The minimum atomic E-state index is 0.240. The molecule has 14 heavy (non-hydrogen) atoms. The Labute approximate surface area is 86.3 Å². The van der Waals surface area contributed by atoms with Crippen LogP contribution in [0.3, 0.4) is 0 Å². The Morgan fingerprint density at radius 3 is 2.57 bits per heavy atom. The van der Waals surface area contributed by atoms with Gasteiger partial charge in [0.25, 0.3) is 0 Å². The average molecular weight is 193 g/mol. The van der Waals surface area contributed by atoms with Crippen LogP contribution in [0.4, 0.5) is 0 Å². The molecule has 0 amide bonds. The van der Waals surface area contributed by atoms with E-state index in [0.29, 0.717) is 0 Å². The fourth-order valence-electron chi connectivity index (χ4n) is 1.40. The van der Waals surface area contributed by atoms with Crippen LogP contribution in [0.5, 0.6) is 5.75 Å². The molecule has 2 heteroatoms. The van der Waals surface area contributed by atoms with Crippen molar-refractivity contribution in [2.75, 3.05) is 7.05 Å². The second-order valence-electron chi connectivity index (χ2n) is 3.79. The number of rotatable bonds is 4. The molecule has 0 aliphatic heterocycles. The van der Waals surface area contributed by atoms with Crippen molar-refractivity contribution in [3.8, 4) is 5.75 Å². The second-order valence-corrected chi connectivity index (χ2v) is 3.79. The summed E-state index contributed by atoms with van der Waals surface area (Å²) in [5.74, 6) is 0.956. The van der Waals surface area contributed by atoms with Crippen molar-refractivity contribution < 1.29 is 4.74 Å². The quantitative estimate of drug-likeness (QED) is 0.793. The third-order valence-electron chi connectivity index (χ3n) is 2.05. The molecule has 0 fully saturated rings. The molecule has 0 aliphatic carbocycles. The molecule has 1 N–H and O–H groups in total. The Bertz CT molecular complexity index is 294. The predicted octanol–water partition coefficient (Wildman–Crippen LogP) is 2.50. The van der Waals surface area contributed by atoms with Crippen molar-refractivity contribution in [2.24, 2.45) is 0 Å². The zero-order valence-electron chi connectivity index (χ0n) is 9.42.